The molecular weight excluding hydrogens is 108 g/mol. The highest BCUT2D eigenvalue weighted by Crippen LogP contribution is 1.87. The maximum Gasteiger partial charge on any atom is 0.291 e. The number of nitrogens with one attached hydrogen (secondary N) is 1. The molecule has 1 amide bonds. The Balaban J connectivity index is 2.33. The van der Waals surface area contributed by atoms with Crippen LogP contribution in [0.4, 0.5) is 0 Å². The SMILES string of the molecule is O=CNC1=NCCO1. The summed E-state index contributed by atoms with van der Waals surface area (Å²) < 4.78 is 4.80. The summed E-state index contributed by atoms with van der Waals surface area (Å²) in [7, 11) is 0. The molecule has 0 atom stereocenters. The molecule has 0 aromatic heterocycles. The number of ether oxygens (including phenoxy) is 1. The van der Waals surface area contributed by atoms with Crippen LogP contribution in [0, 0.1) is 0 Å². The summed E-state index contributed by atoms with van der Waals surface area (Å²) >= 11 is 0. The van der Waals surface area contributed by atoms with Gasteiger partial charge in [-0.05, 0) is 0 Å². The van der Waals surface area contributed by atoms with Gasteiger partial charge in [-0.25, -0.2) is 4.99 Å². The fourth-order valence-corrected chi connectivity index (χ4v) is 0.473. The quantitative estimate of drug-likeness (QED) is 0.450. The summed E-state index contributed by atoms with van der Waals surface area (Å²) in [5.41, 5.74) is 0. The van der Waals surface area contributed by atoms with Gasteiger partial charge in [-0.15, -0.1) is 0 Å². The van der Waals surface area contributed by atoms with Crippen molar-refractivity contribution in [1.82, 2.24) is 5.32 Å². The second-order valence-electron chi connectivity index (χ2n) is 1.30. The normalized spacial score (nSPS) is 16.8. The lowest BCUT2D eigenvalue weighted by atomic mass is 10.8. The van der Waals surface area contributed by atoms with Gasteiger partial charge in [0.05, 0.1) is 6.54 Å². The number of carbonyl (C=O) groups excluding carboxylic acids is 1. The van der Waals surface area contributed by atoms with Gasteiger partial charge in [0.15, 0.2) is 0 Å². The summed E-state index contributed by atoms with van der Waals surface area (Å²) in [6.07, 6.45) is 0.546. The third kappa shape index (κ3) is 0.959. The molecule has 1 aliphatic rings. The Bertz CT molecular complexity index is 121. The smallest absolute Gasteiger partial charge is 0.291 e. The van der Waals surface area contributed by atoms with E-state index in [-0.39, 0.29) is 0 Å². The third-order valence-electron chi connectivity index (χ3n) is 0.768. The predicted octanol–water partition coefficient (Wildman–Crippen LogP) is -0.881. The van der Waals surface area contributed by atoms with Crippen molar-refractivity contribution >= 4 is 12.4 Å². The zero-order valence-corrected chi connectivity index (χ0v) is 4.26. The molecule has 0 fully saturated rings. The molecule has 0 aromatic rings. The predicted molar refractivity (Wildman–Crippen MR) is 27.5 cm³/mol. The monoisotopic (exact) mass is 114 g/mol. The fourth-order valence-electron chi connectivity index (χ4n) is 0.473. The van der Waals surface area contributed by atoms with E-state index in [1.165, 1.54) is 0 Å². The highest BCUT2D eigenvalue weighted by molar-refractivity contribution is 5.84. The topological polar surface area (TPSA) is 50.7 Å². The molecule has 0 aliphatic carbocycles. The van der Waals surface area contributed by atoms with Gasteiger partial charge >= 0.3 is 0 Å². The summed E-state index contributed by atoms with van der Waals surface area (Å²) in [5.74, 6) is 0. The first kappa shape index (κ1) is 5.08. The molecule has 1 N–H and O–H groups in total. The van der Waals surface area contributed by atoms with E-state index in [2.05, 4.69) is 10.3 Å². The third-order valence-corrected chi connectivity index (χ3v) is 0.768. The molecule has 1 aliphatic heterocycles. The minimum atomic E-state index is 0.333. The van der Waals surface area contributed by atoms with E-state index < -0.39 is 0 Å². The van der Waals surface area contributed by atoms with Crippen LogP contribution in [0.2, 0.25) is 0 Å². The fraction of sp³-hybridized carbons (Fsp3) is 0.500. The Kier molecular flexibility index (Phi) is 1.46. The van der Waals surface area contributed by atoms with E-state index in [1.807, 2.05) is 0 Å². The van der Waals surface area contributed by atoms with E-state index >= 15 is 0 Å². The first-order valence-corrected chi connectivity index (χ1v) is 2.31. The number of rotatable bonds is 1. The van der Waals surface area contributed by atoms with Gasteiger partial charge in [0.2, 0.25) is 6.41 Å². The molecule has 1 rings (SSSR count). The Morgan fingerprint density at radius 2 is 2.75 bits per heavy atom. The molecular formula is C4H6N2O2. The molecule has 0 aromatic carbocycles. The van der Waals surface area contributed by atoms with E-state index in [0.29, 0.717) is 25.6 Å². The van der Waals surface area contributed by atoms with Crippen molar-refractivity contribution in [3.8, 4) is 0 Å². The lowest BCUT2D eigenvalue weighted by Crippen LogP contribution is -2.21. The minimum absolute atomic E-state index is 0.333. The van der Waals surface area contributed by atoms with Crippen molar-refractivity contribution in [2.45, 2.75) is 0 Å². The van der Waals surface area contributed by atoms with E-state index in [9.17, 15) is 4.79 Å². The van der Waals surface area contributed by atoms with Gasteiger partial charge in [0, 0.05) is 0 Å². The highest BCUT2D eigenvalue weighted by Gasteiger charge is 2.03. The number of hydrogen-bond donors (Lipinski definition) is 1. The second-order valence-corrected chi connectivity index (χ2v) is 1.30. The van der Waals surface area contributed by atoms with Crippen LogP contribution in [0.1, 0.15) is 0 Å². The first-order valence-electron chi connectivity index (χ1n) is 2.31. The van der Waals surface area contributed by atoms with Crippen molar-refractivity contribution < 1.29 is 9.53 Å². The molecule has 4 nitrogen and oxygen atoms in total. The molecule has 1 heterocycles. The van der Waals surface area contributed by atoms with Crippen LogP contribution in [-0.4, -0.2) is 25.6 Å². The van der Waals surface area contributed by atoms with Crippen LogP contribution in [-0.2, 0) is 9.53 Å². The average Bonchev–Trinajstić information content (AvgIpc) is 2.19. The Hall–Kier alpha value is -1.06. The lowest BCUT2D eigenvalue weighted by molar-refractivity contribution is -0.108. The summed E-state index contributed by atoms with van der Waals surface area (Å²) in [6.45, 7) is 1.23. The van der Waals surface area contributed by atoms with Gasteiger partial charge in [-0.3, -0.25) is 10.1 Å². The van der Waals surface area contributed by atoms with Gasteiger partial charge < -0.3 is 4.74 Å². The second kappa shape index (κ2) is 2.30. The highest BCUT2D eigenvalue weighted by atomic mass is 16.5. The van der Waals surface area contributed by atoms with Gasteiger partial charge in [0.25, 0.3) is 6.02 Å². The van der Waals surface area contributed by atoms with Crippen molar-refractivity contribution in [1.29, 1.82) is 0 Å². The molecule has 4 heteroatoms. The number of aliphatic imine (C=N–C) groups is 1. The molecule has 8 heavy (non-hydrogen) atoms. The van der Waals surface area contributed by atoms with E-state index in [1.54, 1.807) is 0 Å². The summed E-state index contributed by atoms with van der Waals surface area (Å²) in [6, 6.07) is 0.333. The number of amidine groups is 1. The van der Waals surface area contributed by atoms with Crippen LogP contribution in [0.5, 0.6) is 0 Å². The van der Waals surface area contributed by atoms with Crippen LogP contribution < -0.4 is 5.32 Å². The van der Waals surface area contributed by atoms with Gasteiger partial charge in [-0.1, -0.05) is 0 Å². The maximum absolute atomic E-state index is 9.69. The standard InChI is InChI=1S/C4H6N2O2/c7-3-6-4-5-1-2-8-4/h3H,1-2H2,(H,5,6,7). The molecule has 44 valence electrons. The molecule has 0 radical (unpaired) electrons. The number of nitrogens with zero attached hydrogens (tertiary/aromatic N) is 1. The van der Waals surface area contributed by atoms with Crippen molar-refractivity contribution in [3.05, 3.63) is 0 Å². The van der Waals surface area contributed by atoms with Crippen LogP contribution in [0.25, 0.3) is 0 Å². The number of amides is 1. The van der Waals surface area contributed by atoms with Crippen LogP contribution >= 0.6 is 0 Å². The van der Waals surface area contributed by atoms with Crippen molar-refractivity contribution in [2.24, 2.45) is 4.99 Å². The largest absolute Gasteiger partial charge is 0.463 e. The summed E-state index contributed by atoms with van der Waals surface area (Å²) in [5, 5.41) is 2.29. The Morgan fingerprint density at radius 3 is 3.25 bits per heavy atom. The first-order chi connectivity index (χ1) is 3.93. The van der Waals surface area contributed by atoms with Crippen molar-refractivity contribution in [3.63, 3.8) is 0 Å². The lowest BCUT2D eigenvalue weighted by Gasteiger charge is -1.93. The van der Waals surface area contributed by atoms with Crippen molar-refractivity contribution in [2.75, 3.05) is 13.2 Å². The average molecular weight is 114 g/mol. The Morgan fingerprint density at radius 1 is 1.88 bits per heavy atom. The summed E-state index contributed by atoms with van der Waals surface area (Å²) in [4.78, 5) is 13.5. The number of hydrogen-bond acceptors (Lipinski definition) is 3. The zero-order valence-electron chi connectivity index (χ0n) is 4.26. The van der Waals surface area contributed by atoms with Gasteiger partial charge in [0.1, 0.15) is 6.61 Å². The molecule has 0 saturated carbocycles. The van der Waals surface area contributed by atoms with Crippen LogP contribution in [0.15, 0.2) is 4.99 Å². The van der Waals surface area contributed by atoms with E-state index in [4.69, 9.17) is 4.74 Å². The molecule has 0 unspecified atom stereocenters. The molecule has 0 saturated heterocycles. The van der Waals surface area contributed by atoms with E-state index in [0.717, 1.165) is 0 Å². The zero-order chi connectivity index (χ0) is 5.82. The molecule has 0 bridgehead atoms. The van der Waals surface area contributed by atoms with Crippen LogP contribution in [0.3, 0.4) is 0 Å². The minimum Gasteiger partial charge on any atom is -0.463 e. The number of carbonyl (C=O) groups is 1. The Labute approximate surface area is 46.5 Å². The molecule has 0 spiro atoms. The van der Waals surface area contributed by atoms with Gasteiger partial charge in [-0.2, -0.15) is 0 Å². The maximum atomic E-state index is 9.69.